The molecule has 0 spiro atoms. The highest BCUT2D eigenvalue weighted by Gasteiger charge is 2.16. The van der Waals surface area contributed by atoms with Gasteiger partial charge < -0.3 is 14.8 Å². The molecule has 1 N–H and O–H groups in total. The Morgan fingerprint density at radius 2 is 2.23 bits per heavy atom. The topological polar surface area (TPSA) is 30.5 Å². The Balaban J connectivity index is 2.03. The molecule has 0 bridgehead atoms. The Morgan fingerprint density at radius 3 is 2.77 bits per heavy atom. The van der Waals surface area contributed by atoms with E-state index in [4.69, 9.17) is 9.47 Å². The largest absolute Gasteiger partial charge is 0.379 e. The lowest BCUT2D eigenvalue weighted by atomic mass is 10.3. The second-order valence-corrected chi connectivity index (χ2v) is 4.04. The molecular weight excluding hydrogens is 166 g/mol. The first-order chi connectivity index (χ1) is 6.18. The molecule has 2 unspecified atom stereocenters. The number of rotatable bonds is 5. The van der Waals surface area contributed by atoms with Crippen LogP contribution in [0.25, 0.3) is 0 Å². The van der Waals surface area contributed by atoms with Crippen LogP contribution in [-0.2, 0) is 9.47 Å². The molecule has 1 fully saturated rings. The van der Waals surface area contributed by atoms with Gasteiger partial charge in [-0.15, -0.1) is 0 Å². The predicted molar refractivity (Wildman–Crippen MR) is 52.9 cm³/mol. The molecule has 0 aromatic heterocycles. The average Bonchev–Trinajstić information content (AvgIpc) is 2.51. The SMILES string of the molecule is CC(C)NC(C)COC1CCOC1. The van der Waals surface area contributed by atoms with E-state index in [1.54, 1.807) is 0 Å². The second kappa shape index (κ2) is 5.58. The molecule has 1 saturated heterocycles. The van der Waals surface area contributed by atoms with Gasteiger partial charge in [-0.3, -0.25) is 0 Å². The van der Waals surface area contributed by atoms with E-state index in [0.717, 1.165) is 26.2 Å². The zero-order valence-corrected chi connectivity index (χ0v) is 8.88. The molecule has 0 saturated carbocycles. The lowest BCUT2D eigenvalue weighted by molar-refractivity contribution is 0.0314. The molecule has 2 atom stereocenters. The summed E-state index contributed by atoms with van der Waals surface area (Å²) in [7, 11) is 0. The van der Waals surface area contributed by atoms with Gasteiger partial charge in [-0.05, 0) is 13.3 Å². The van der Waals surface area contributed by atoms with Crippen molar-refractivity contribution in [1.29, 1.82) is 0 Å². The molecule has 0 radical (unpaired) electrons. The highest BCUT2D eigenvalue weighted by atomic mass is 16.5. The Hall–Kier alpha value is -0.120. The van der Waals surface area contributed by atoms with Crippen molar-refractivity contribution in [2.45, 2.75) is 45.4 Å². The predicted octanol–water partition coefficient (Wildman–Crippen LogP) is 1.18. The summed E-state index contributed by atoms with van der Waals surface area (Å²) in [5, 5.41) is 3.40. The maximum Gasteiger partial charge on any atom is 0.0831 e. The summed E-state index contributed by atoms with van der Waals surface area (Å²) in [6.45, 7) is 8.86. The van der Waals surface area contributed by atoms with Crippen molar-refractivity contribution >= 4 is 0 Å². The minimum Gasteiger partial charge on any atom is -0.379 e. The summed E-state index contributed by atoms with van der Waals surface area (Å²) in [6.07, 6.45) is 1.38. The Labute approximate surface area is 80.8 Å². The summed E-state index contributed by atoms with van der Waals surface area (Å²) in [4.78, 5) is 0. The zero-order valence-electron chi connectivity index (χ0n) is 8.88. The van der Waals surface area contributed by atoms with E-state index in [0.29, 0.717) is 18.2 Å². The summed E-state index contributed by atoms with van der Waals surface area (Å²) in [5.74, 6) is 0. The van der Waals surface area contributed by atoms with Crippen LogP contribution in [0.2, 0.25) is 0 Å². The smallest absolute Gasteiger partial charge is 0.0831 e. The van der Waals surface area contributed by atoms with Gasteiger partial charge in [0.15, 0.2) is 0 Å². The number of hydrogen-bond donors (Lipinski definition) is 1. The number of ether oxygens (including phenoxy) is 2. The van der Waals surface area contributed by atoms with E-state index >= 15 is 0 Å². The van der Waals surface area contributed by atoms with Gasteiger partial charge >= 0.3 is 0 Å². The van der Waals surface area contributed by atoms with Crippen LogP contribution in [-0.4, -0.2) is 38.0 Å². The molecule has 3 nitrogen and oxygen atoms in total. The molecule has 0 amide bonds. The van der Waals surface area contributed by atoms with Gasteiger partial charge in [0, 0.05) is 18.7 Å². The quantitative estimate of drug-likeness (QED) is 0.701. The third kappa shape index (κ3) is 4.60. The van der Waals surface area contributed by atoms with Crippen LogP contribution in [0.5, 0.6) is 0 Å². The number of nitrogens with one attached hydrogen (secondary N) is 1. The molecule has 13 heavy (non-hydrogen) atoms. The van der Waals surface area contributed by atoms with E-state index in [-0.39, 0.29) is 0 Å². The Bertz CT molecular complexity index is 133. The van der Waals surface area contributed by atoms with Crippen molar-refractivity contribution in [1.82, 2.24) is 5.32 Å². The first-order valence-corrected chi connectivity index (χ1v) is 5.14. The van der Waals surface area contributed by atoms with Crippen molar-refractivity contribution in [2.75, 3.05) is 19.8 Å². The third-order valence-electron chi connectivity index (χ3n) is 2.09. The van der Waals surface area contributed by atoms with Crippen LogP contribution in [0.3, 0.4) is 0 Å². The summed E-state index contributed by atoms with van der Waals surface area (Å²) in [5.41, 5.74) is 0. The zero-order chi connectivity index (χ0) is 9.68. The fraction of sp³-hybridized carbons (Fsp3) is 1.00. The van der Waals surface area contributed by atoms with Gasteiger partial charge in [0.1, 0.15) is 0 Å². The molecule has 0 aromatic rings. The van der Waals surface area contributed by atoms with E-state index in [2.05, 4.69) is 26.1 Å². The van der Waals surface area contributed by atoms with Crippen LogP contribution in [0.4, 0.5) is 0 Å². The molecule has 1 rings (SSSR count). The first kappa shape index (κ1) is 11.0. The van der Waals surface area contributed by atoms with Gasteiger partial charge in [0.25, 0.3) is 0 Å². The van der Waals surface area contributed by atoms with Crippen molar-refractivity contribution in [3.05, 3.63) is 0 Å². The Morgan fingerprint density at radius 1 is 1.46 bits per heavy atom. The second-order valence-electron chi connectivity index (χ2n) is 4.04. The van der Waals surface area contributed by atoms with Crippen molar-refractivity contribution in [2.24, 2.45) is 0 Å². The van der Waals surface area contributed by atoms with Crippen LogP contribution < -0.4 is 5.32 Å². The van der Waals surface area contributed by atoms with Crippen LogP contribution >= 0.6 is 0 Å². The molecular formula is C10H21NO2. The van der Waals surface area contributed by atoms with Crippen LogP contribution in [0, 0.1) is 0 Å². The molecule has 3 heteroatoms. The molecule has 1 heterocycles. The van der Waals surface area contributed by atoms with E-state index < -0.39 is 0 Å². The first-order valence-electron chi connectivity index (χ1n) is 5.14. The molecule has 1 aliphatic rings. The minimum atomic E-state index is 0.330. The average molecular weight is 187 g/mol. The molecule has 1 aliphatic heterocycles. The van der Waals surface area contributed by atoms with Crippen LogP contribution in [0.15, 0.2) is 0 Å². The number of hydrogen-bond acceptors (Lipinski definition) is 3. The highest BCUT2D eigenvalue weighted by Crippen LogP contribution is 2.08. The van der Waals surface area contributed by atoms with Gasteiger partial charge in [0.05, 0.1) is 19.3 Å². The Kier molecular flexibility index (Phi) is 4.70. The minimum absolute atomic E-state index is 0.330. The maximum absolute atomic E-state index is 5.68. The molecule has 0 aromatic carbocycles. The van der Waals surface area contributed by atoms with E-state index in [9.17, 15) is 0 Å². The third-order valence-corrected chi connectivity index (χ3v) is 2.09. The monoisotopic (exact) mass is 187 g/mol. The molecule has 0 aliphatic carbocycles. The molecule has 78 valence electrons. The fourth-order valence-electron chi connectivity index (χ4n) is 1.54. The fourth-order valence-corrected chi connectivity index (χ4v) is 1.54. The van der Waals surface area contributed by atoms with Gasteiger partial charge in [-0.1, -0.05) is 13.8 Å². The maximum atomic E-state index is 5.68. The van der Waals surface area contributed by atoms with Gasteiger partial charge in [0.2, 0.25) is 0 Å². The van der Waals surface area contributed by atoms with E-state index in [1.807, 2.05) is 0 Å². The summed E-state index contributed by atoms with van der Waals surface area (Å²) in [6, 6.07) is 0.957. The lowest BCUT2D eigenvalue weighted by Crippen LogP contribution is -2.37. The highest BCUT2D eigenvalue weighted by molar-refractivity contribution is 4.67. The summed E-state index contributed by atoms with van der Waals surface area (Å²) >= 11 is 0. The van der Waals surface area contributed by atoms with Crippen LogP contribution in [0.1, 0.15) is 27.2 Å². The van der Waals surface area contributed by atoms with Gasteiger partial charge in [-0.25, -0.2) is 0 Å². The van der Waals surface area contributed by atoms with Gasteiger partial charge in [-0.2, -0.15) is 0 Å². The standard InChI is InChI=1S/C10H21NO2/c1-8(2)11-9(3)6-13-10-4-5-12-7-10/h8-11H,4-7H2,1-3H3. The summed E-state index contributed by atoms with van der Waals surface area (Å²) < 4.78 is 10.9. The lowest BCUT2D eigenvalue weighted by Gasteiger charge is -2.18. The normalized spacial score (nSPS) is 25.4. The van der Waals surface area contributed by atoms with E-state index in [1.165, 1.54) is 0 Å². The van der Waals surface area contributed by atoms with Crippen molar-refractivity contribution < 1.29 is 9.47 Å². The van der Waals surface area contributed by atoms with Crippen molar-refractivity contribution in [3.63, 3.8) is 0 Å². The van der Waals surface area contributed by atoms with Crippen molar-refractivity contribution in [3.8, 4) is 0 Å².